The molecular formula is C24H29N3O4S. The molecule has 2 heterocycles. The molecular weight excluding hydrogens is 426 g/mol. The van der Waals surface area contributed by atoms with Crippen LogP contribution in [-0.2, 0) is 19.6 Å². The molecule has 0 aliphatic carbocycles. The molecule has 170 valence electrons. The molecule has 8 heteroatoms. The number of hydrogen-bond acceptors (Lipinski definition) is 6. The van der Waals surface area contributed by atoms with Gasteiger partial charge in [-0.05, 0) is 50.0 Å². The van der Waals surface area contributed by atoms with Gasteiger partial charge in [0.15, 0.2) is 0 Å². The summed E-state index contributed by atoms with van der Waals surface area (Å²) < 4.78 is 33.7. The van der Waals surface area contributed by atoms with Crippen molar-refractivity contribution in [2.24, 2.45) is 4.40 Å². The van der Waals surface area contributed by atoms with E-state index >= 15 is 0 Å². The van der Waals surface area contributed by atoms with Crippen molar-refractivity contribution in [1.82, 2.24) is 10.2 Å². The van der Waals surface area contributed by atoms with Gasteiger partial charge in [-0.2, -0.15) is 8.42 Å². The fourth-order valence-corrected chi connectivity index (χ4v) is 5.44. The molecule has 2 aliphatic heterocycles. The molecule has 1 fully saturated rings. The number of carbonyl (C=O) groups is 1. The van der Waals surface area contributed by atoms with Crippen LogP contribution in [0.4, 0.5) is 0 Å². The van der Waals surface area contributed by atoms with Crippen LogP contribution in [0, 0.1) is 0 Å². The van der Waals surface area contributed by atoms with Gasteiger partial charge in [-0.3, -0.25) is 4.90 Å². The summed E-state index contributed by atoms with van der Waals surface area (Å²) in [6.45, 7) is 2.49. The van der Waals surface area contributed by atoms with Crippen LogP contribution >= 0.6 is 0 Å². The zero-order chi connectivity index (χ0) is 22.4. The quantitative estimate of drug-likeness (QED) is 0.509. The molecule has 0 saturated carbocycles. The van der Waals surface area contributed by atoms with Gasteiger partial charge in [0.05, 0.1) is 6.61 Å². The molecule has 1 saturated heterocycles. The van der Waals surface area contributed by atoms with E-state index in [4.69, 9.17) is 4.74 Å². The lowest BCUT2D eigenvalue weighted by molar-refractivity contribution is -0.150. The van der Waals surface area contributed by atoms with E-state index in [9.17, 15) is 13.2 Å². The molecule has 2 aromatic rings. The number of carbonyl (C=O) groups excluding carboxylic acids is 1. The zero-order valence-corrected chi connectivity index (χ0v) is 18.9. The molecule has 0 bridgehead atoms. The summed E-state index contributed by atoms with van der Waals surface area (Å²) in [4.78, 5) is 15.5. The average molecular weight is 456 g/mol. The summed E-state index contributed by atoms with van der Waals surface area (Å²) in [5.41, 5.74) is 1.54. The van der Waals surface area contributed by atoms with E-state index in [0.29, 0.717) is 24.4 Å². The molecule has 1 N–H and O–H groups in total. The molecule has 7 nitrogen and oxygen atoms in total. The maximum absolute atomic E-state index is 13.0. The number of benzene rings is 2. The number of sulfonamides is 1. The monoisotopic (exact) mass is 455 g/mol. The van der Waals surface area contributed by atoms with Crippen LogP contribution in [0.15, 0.2) is 63.9 Å². The van der Waals surface area contributed by atoms with Crippen molar-refractivity contribution < 1.29 is 17.9 Å². The maximum Gasteiger partial charge on any atom is 0.328 e. The zero-order valence-electron chi connectivity index (χ0n) is 18.1. The van der Waals surface area contributed by atoms with Crippen LogP contribution in [0.5, 0.6) is 0 Å². The van der Waals surface area contributed by atoms with Crippen LogP contribution in [0.1, 0.15) is 49.3 Å². The first-order valence-electron chi connectivity index (χ1n) is 11.2. The second kappa shape index (κ2) is 10.3. The van der Waals surface area contributed by atoms with Gasteiger partial charge in [-0.25, -0.2) is 4.79 Å². The Balaban J connectivity index is 1.32. The summed E-state index contributed by atoms with van der Waals surface area (Å²) in [6.07, 6.45) is 5.12. The van der Waals surface area contributed by atoms with Crippen LogP contribution in [0.25, 0.3) is 0 Å². The molecule has 2 aromatic carbocycles. The van der Waals surface area contributed by atoms with E-state index in [1.807, 2.05) is 30.3 Å². The Kier molecular flexibility index (Phi) is 7.22. The van der Waals surface area contributed by atoms with Gasteiger partial charge in [-0.15, -0.1) is 4.40 Å². The molecule has 1 unspecified atom stereocenters. The van der Waals surface area contributed by atoms with Crippen LogP contribution in [0.3, 0.4) is 0 Å². The van der Waals surface area contributed by atoms with Crippen molar-refractivity contribution in [2.45, 2.75) is 43.0 Å². The molecule has 2 aliphatic rings. The highest BCUT2D eigenvalue weighted by Gasteiger charge is 2.30. The fourth-order valence-electron chi connectivity index (χ4n) is 4.25. The number of ether oxygens (including phenoxy) is 1. The Morgan fingerprint density at radius 2 is 1.69 bits per heavy atom. The van der Waals surface area contributed by atoms with Gasteiger partial charge >= 0.3 is 5.97 Å². The minimum Gasteiger partial charge on any atom is -0.464 e. The van der Waals surface area contributed by atoms with Crippen molar-refractivity contribution in [3.05, 3.63) is 65.7 Å². The van der Waals surface area contributed by atoms with E-state index in [0.717, 1.165) is 31.5 Å². The van der Waals surface area contributed by atoms with Crippen molar-refractivity contribution in [1.29, 1.82) is 0 Å². The third-order valence-corrected chi connectivity index (χ3v) is 7.17. The van der Waals surface area contributed by atoms with Gasteiger partial charge in [0, 0.05) is 12.1 Å². The molecule has 4 rings (SSSR count). The highest BCUT2D eigenvalue weighted by atomic mass is 32.2. The number of hydrogen-bond donors (Lipinski definition) is 1. The number of nitrogens with zero attached hydrogens (tertiary/aromatic N) is 2. The van der Waals surface area contributed by atoms with Gasteiger partial charge in [0.1, 0.15) is 16.8 Å². The summed E-state index contributed by atoms with van der Waals surface area (Å²) in [7, 11) is -3.63. The van der Waals surface area contributed by atoms with Crippen molar-refractivity contribution in [3.8, 4) is 0 Å². The third kappa shape index (κ3) is 5.19. The molecule has 0 spiro atoms. The SMILES string of the molecule is O=C(OCCCNC1=NS(=O)(=O)c2ccccc21)C(c1ccccc1)N1CCCCCC1. The number of likely N-dealkylation sites (tertiary alicyclic amines) is 1. The first-order chi connectivity index (χ1) is 15.6. The molecule has 32 heavy (non-hydrogen) atoms. The van der Waals surface area contributed by atoms with Gasteiger partial charge < -0.3 is 10.1 Å². The van der Waals surface area contributed by atoms with Crippen molar-refractivity contribution in [2.75, 3.05) is 26.2 Å². The predicted octanol–water partition coefficient (Wildman–Crippen LogP) is 3.28. The third-order valence-electron chi connectivity index (χ3n) is 5.83. The van der Waals surface area contributed by atoms with Gasteiger partial charge in [0.2, 0.25) is 0 Å². The Labute approximate surface area is 189 Å². The summed E-state index contributed by atoms with van der Waals surface area (Å²) in [6, 6.07) is 16.2. The number of nitrogens with one attached hydrogen (secondary N) is 1. The minimum absolute atomic E-state index is 0.220. The lowest BCUT2D eigenvalue weighted by atomic mass is 10.1. The fraction of sp³-hybridized carbons (Fsp3) is 0.417. The Morgan fingerprint density at radius 3 is 2.44 bits per heavy atom. The second-order valence-corrected chi connectivity index (χ2v) is 9.69. The van der Waals surface area contributed by atoms with Gasteiger partial charge in [-0.1, -0.05) is 55.3 Å². The Morgan fingerprint density at radius 1 is 1.00 bits per heavy atom. The number of amidine groups is 1. The first kappa shape index (κ1) is 22.5. The minimum atomic E-state index is -3.63. The smallest absolute Gasteiger partial charge is 0.328 e. The van der Waals surface area contributed by atoms with E-state index in [1.165, 1.54) is 12.8 Å². The summed E-state index contributed by atoms with van der Waals surface area (Å²) in [5.74, 6) is 0.114. The van der Waals surface area contributed by atoms with Gasteiger partial charge in [0.25, 0.3) is 10.0 Å². The lowest BCUT2D eigenvalue weighted by Gasteiger charge is -2.29. The number of rotatable bonds is 7. The van der Waals surface area contributed by atoms with E-state index < -0.39 is 16.1 Å². The summed E-state index contributed by atoms with van der Waals surface area (Å²) in [5, 5.41) is 3.07. The highest BCUT2D eigenvalue weighted by molar-refractivity contribution is 7.90. The topological polar surface area (TPSA) is 88.1 Å². The molecule has 0 amide bonds. The molecule has 1 atom stereocenters. The highest BCUT2D eigenvalue weighted by Crippen LogP contribution is 2.26. The van der Waals surface area contributed by atoms with Crippen molar-refractivity contribution >= 4 is 21.8 Å². The second-order valence-electron chi connectivity index (χ2n) is 8.12. The molecule has 0 aromatic heterocycles. The normalized spacial score (nSPS) is 18.8. The molecule has 0 radical (unpaired) electrons. The van der Waals surface area contributed by atoms with Crippen LogP contribution in [-0.4, -0.2) is 51.4 Å². The van der Waals surface area contributed by atoms with E-state index in [1.54, 1.807) is 24.3 Å². The summed E-state index contributed by atoms with van der Waals surface area (Å²) >= 11 is 0. The lowest BCUT2D eigenvalue weighted by Crippen LogP contribution is -2.36. The predicted molar refractivity (Wildman–Crippen MR) is 123 cm³/mol. The first-order valence-corrected chi connectivity index (χ1v) is 12.6. The standard InChI is InChI=1S/C24H29N3O4S/c28-24(22(19-11-4-3-5-12-19)27-16-8-1-2-9-17-27)31-18-10-15-25-23-20-13-6-7-14-21(20)32(29,30)26-23/h3-7,11-14,22H,1-2,8-10,15-18H2,(H,25,26). The largest absolute Gasteiger partial charge is 0.464 e. The average Bonchev–Trinajstić information content (AvgIpc) is 2.94. The number of esters is 1. The number of fused-ring (bicyclic) bond motifs is 1. The Hall–Kier alpha value is -2.71. The van der Waals surface area contributed by atoms with Crippen LogP contribution in [0.2, 0.25) is 0 Å². The van der Waals surface area contributed by atoms with E-state index in [2.05, 4.69) is 14.6 Å². The Bertz CT molecular complexity index is 1060. The van der Waals surface area contributed by atoms with E-state index in [-0.39, 0.29) is 17.5 Å². The van der Waals surface area contributed by atoms with Crippen LogP contribution < -0.4 is 5.32 Å². The maximum atomic E-state index is 13.0. The van der Waals surface area contributed by atoms with Crippen molar-refractivity contribution in [3.63, 3.8) is 0 Å².